The van der Waals surface area contributed by atoms with E-state index in [0.29, 0.717) is 11.9 Å². The number of rotatable bonds is 2. The van der Waals surface area contributed by atoms with E-state index < -0.39 is 0 Å². The van der Waals surface area contributed by atoms with Gasteiger partial charge >= 0.3 is 0 Å². The molecule has 0 bridgehead atoms. The SMILES string of the molecule is CC1CN(C(N)=NCC2CC=CCC2)CCO1.I. The van der Waals surface area contributed by atoms with Crippen LogP contribution in [0.25, 0.3) is 0 Å². The number of guanidine groups is 1. The number of aliphatic imine (C=N–C) groups is 1. The van der Waals surface area contributed by atoms with Crippen molar-refractivity contribution in [1.82, 2.24) is 4.90 Å². The summed E-state index contributed by atoms with van der Waals surface area (Å²) < 4.78 is 5.49. The maximum atomic E-state index is 6.03. The van der Waals surface area contributed by atoms with Crippen molar-refractivity contribution in [2.24, 2.45) is 16.6 Å². The summed E-state index contributed by atoms with van der Waals surface area (Å²) in [6, 6.07) is 0. The first-order chi connectivity index (χ1) is 8.25. The highest BCUT2D eigenvalue weighted by atomic mass is 127. The Kier molecular flexibility index (Phi) is 6.99. The average Bonchev–Trinajstić information content (AvgIpc) is 2.37. The second-order valence-corrected chi connectivity index (χ2v) is 4.98. The molecule has 104 valence electrons. The summed E-state index contributed by atoms with van der Waals surface area (Å²) in [7, 11) is 0. The normalized spacial score (nSPS) is 28.9. The van der Waals surface area contributed by atoms with Gasteiger partial charge in [-0.3, -0.25) is 4.99 Å². The fourth-order valence-corrected chi connectivity index (χ4v) is 2.37. The van der Waals surface area contributed by atoms with E-state index in [1.54, 1.807) is 0 Å². The van der Waals surface area contributed by atoms with Gasteiger partial charge in [0.1, 0.15) is 0 Å². The van der Waals surface area contributed by atoms with E-state index >= 15 is 0 Å². The van der Waals surface area contributed by atoms with E-state index in [9.17, 15) is 0 Å². The predicted octanol–water partition coefficient (Wildman–Crippen LogP) is 2.00. The lowest BCUT2D eigenvalue weighted by atomic mass is 9.95. The van der Waals surface area contributed by atoms with E-state index in [2.05, 4.69) is 29.0 Å². The van der Waals surface area contributed by atoms with Crippen LogP contribution in [-0.2, 0) is 4.74 Å². The second-order valence-electron chi connectivity index (χ2n) is 4.98. The molecule has 0 aromatic rings. The van der Waals surface area contributed by atoms with Crippen LogP contribution in [-0.4, -0.2) is 43.2 Å². The maximum Gasteiger partial charge on any atom is 0.191 e. The molecule has 1 fully saturated rings. The van der Waals surface area contributed by atoms with Crippen molar-refractivity contribution in [2.45, 2.75) is 32.3 Å². The van der Waals surface area contributed by atoms with Gasteiger partial charge in [0, 0.05) is 19.6 Å². The summed E-state index contributed by atoms with van der Waals surface area (Å²) in [6.45, 7) is 5.42. The van der Waals surface area contributed by atoms with Crippen LogP contribution in [0.15, 0.2) is 17.1 Å². The average molecular weight is 365 g/mol. The molecule has 18 heavy (non-hydrogen) atoms. The molecular weight excluding hydrogens is 341 g/mol. The summed E-state index contributed by atoms with van der Waals surface area (Å²) >= 11 is 0. The monoisotopic (exact) mass is 365 g/mol. The van der Waals surface area contributed by atoms with Crippen molar-refractivity contribution in [3.63, 3.8) is 0 Å². The van der Waals surface area contributed by atoms with Gasteiger partial charge in [-0.05, 0) is 32.1 Å². The van der Waals surface area contributed by atoms with Gasteiger partial charge in [-0.1, -0.05) is 12.2 Å². The molecule has 2 aliphatic rings. The smallest absolute Gasteiger partial charge is 0.191 e. The van der Waals surface area contributed by atoms with Gasteiger partial charge in [-0.15, -0.1) is 24.0 Å². The van der Waals surface area contributed by atoms with E-state index in [1.165, 1.54) is 12.8 Å². The largest absolute Gasteiger partial charge is 0.375 e. The molecule has 2 atom stereocenters. The molecule has 1 heterocycles. The number of allylic oxidation sites excluding steroid dienone is 2. The van der Waals surface area contributed by atoms with Gasteiger partial charge < -0.3 is 15.4 Å². The lowest BCUT2D eigenvalue weighted by molar-refractivity contribution is 0.00527. The molecule has 2 rings (SSSR count). The van der Waals surface area contributed by atoms with Crippen LogP contribution in [0.1, 0.15) is 26.2 Å². The molecule has 0 aromatic carbocycles. The van der Waals surface area contributed by atoms with Crippen molar-refractivity contribution in [3.8, 4) is 0 Å². The highest BCUT2D eigenvalue weighted by Gasteiger charge is 2.18. The molecule has 0 spiro atoms. The predicted molar refractivity (Wildman–Crippen MR) is 85.4 cm³/mol. The topological polar surface area (TPSA) is 50.8 Å². The molecule has 5 heteroatoms. The van der Waals surface area contributed by atoms with Crippen molar-refractivity contribution in [1.29, 1.82) is 0 Å². The number of halogens is 1. The number of hydrogen-bond donors (Lipinski definition) is 1. The highest BCUT2D eigenvalue weighted by Crippen LogP contribution is 2.18. The molecule has 1 saturated heterocycles. The third-order valence-corrected chi connectivity index (χ3v) is 3.45. The Hall–Kier alpha value is -0.300. The molecule has 0 radical (unpaired) electrons. The first-order valence-corrected chi connectivity index (χ1v) is 6.57. The molecule has 2 unspecified atom stereocenters. The van der Waals surface area contributed by atoms with Gasteiger partial charge in [0.2, 0.25) is 0 Å². The zero-order chi connectivity index (χ0) is 12.1. The lowest BCUT2D eigenvalue weighted by Gasteiger charge is -2.32. The summed E-state index contributed by atoms with van der Waals surface area (Å²) in [5.74, 6) is 1.37. The number of nitrogens with zero attached hydrogens (tertiary/aromatic N) is 2. The number of morpholine rings is 1. The molecular formula is C13H24IN3O. The fraction of sp³-hybridized carbons (Fsp3) is 0.769. The Morgan fingerprint density at radius 3 is 3.00 bits per heavy atom. The van der Waals surface area contributed by atoms with Crippen molar-refractivity contribution >= 4 is 29.9 Å². The Balaban J connectivity index is 0.00000162. The van der Waals surface area contributed by atoms with Gasteiger partial charge in [0.25, 0.3) is 0 Å². The van der Waals surface area contributed by atoms with Crippen LogP contribution in [0, 0.1) is 5.92 Å². The van der Waals surface area contributed by atoms with E-state index in [-0.39, 0.29) is 30.1 Å². The minimum atomic E-state index is 0. The van der Waals surface area contributed by atoms with Crippen LogP contribution in [0.2, 0.25) is 0 Å². The number of nitrogens with two attached hydrogens (primary N) is 1. The number of hydrogen-bond acceptors (Lipinski definition) is 2. The van der Waals surface area contributed by atoms with Gasteiger partial charge in [0.05, 0.1) is 12.7 Å². The van der Waals surface area contributed by atoms with Crippen LogP contribution >= 0.6 is 24.0 Å². The van der Waals surface area contributed by atoms with Crippen LogP contribution < -0.4 is 5.73 Å². The Bertz CT molecular complexity index is 307. The summed E-state index contributed by atoms with van der Waals surface area (Å²) in [6.07, 6.45) is 8.36. The van der Waals surface area contributed by atoms with Gasteiger partial charge in [-0.2, -0.15) is 0 Å². The maximum absolute atomic E-state index is 6.03. The van der Waals surface area contributed by atoms with E-state index in [4.69, 9.17) is 10.5 Å². The highest BCUT2D eigenvalue weighted by molar-refractivity contribution is 14.0. The van der Waals surface area contributed by atoms with Crippen LogP contribution in [0.4, 0.5) is 0 Å². The van der Waals surface area contributed by atoms with Gasteiger partial charge in [0.15, 0.2) is 5.96 Å². The summed E-state index contributed by atoms with van der Waals surface area (Å²) in [4.78, 5) is 6.67. The van der Waals surface area contributed by atoms with Crippen LogP contribution in [0.3, 0.4) is 0 Å². The Morgan fingerprint density at radius 1 is 1.50 bits per heavy atom. The van der Waals surface area contributed by atoms with E-state index in [1.807, 2.05) is 0 Å². The second kappa shape index (κ2) is 7.99. The zero-order valence-corrected chi connectivity index (χ0v) is 13.4. The van der Waals surface area contributed by atoms with Crippen molar-refractivity contribution in [2.75, 3.05) is 26.2 Å². The van der Waals surface area contributed by atoms with Crippen molar-refractivity contribution < 1.29 is 4.74 Å². The summed E-state index contributed by atoms with van der Waals surface area (Å²) in [5.41, 5.74) is 6.03. The standard InChI is InChI=1S/C13H23N3O.HI/c1-11-10-16(7-8-17-11)13(14)15-9-12-5-3-2-4-6-12;/h2-3,11-12H,4-10H2,1H3,(H2,14,15);1H. The molecule has 0 saturated carbocycles. The Labute approximate surface area is 127 Å². The lowest BCUT2D eigenvalue weighted by Crippen LogP contribution is -2.48. The molecule has 2 N–H and O–H groups in total. The molecule has 4 nitrogen and oxygen atoms in total. The molecule has 0 amide bonds. The third kappa shape index (κ3) is 4.76. The molecule has 1 aliphatic carbocycles. The fourth-order valence-electron chi connectivity index (χ4n) is 2.37. The first kappa shape index (κ1) is 15.8. The van der Waals surface area contributed by atoms with Gasteiger partial charge in [-0.25, -0.2) is 0 Å². The van der Waals surface area contributed by atoms with E-state index in [0.717, 1.165) is 32.7 Å². The third-order valence-electron chi connectivity index (χ3n) is 3.45. The molecule has 1 aliphatic heterocycles. The summed E-state index contributed by atoms with van der Waals surface area (Å²) in [5, 5.41) is 0. The molecule has 0 aromatic heterocycles. The quantitative estimate of drug-likeness (QED) is 0.353. The van der Waals surface area contributed by atoms with Crippen LogP contribution in [0.5, 0.6) is 0 Å². The Morgan fingerprint density at radius 2 is 2.33 bits per heavy atom. The van der Waals surface area contributed by atoms with Crippen molar-refractivity contribution in [3.05, 3.63) is 12.2 Å². The zero-order valence-electron chi connectivity index (χ0n) is 11.0. The minimum Gasteiger partial charge on any atom is -0.375 e. The number of ether oxygens (including phenoxy) is 1. The first-order valence-electron chi connectivity index (χ1n) is 6.57. The minimum absolute atomic E-state index is 0.